The van der Waals surface area contributed by atoms with Crippen molar-refractivity contribution in [3.05, 3.63) is 60.7 Å². The summed E-state index contributed by atoms with van der Waals surface area (Å²) in [4.78, 5) is 12.1. The number of carbonyl (C=O) groups is 1. The standard InChI is InChI=1S/C18H18N4O3/c1-13-6-7-17(16(8-13)22-11-19-20-12-22)25-10-18(23)21-14-4-3-5-15(9-14)24-2/h3-9,11-12H,10H2,1-2H3,(H,21,23). The molecule has 0 bridgehead atoms. The molecule has 0 saturated heterocycles. The van der Waals surface area contributed by atoms with Crippen LogP contribution in [0.3, 0.4) is 0 Å². The van der Waals surface area contributed by atoms with Crippen LogP contribution in [0.25, 0.3) is 5.69 Å². The third-order valence-electron chi connectivity index (χ3n) is 3.52. The van der Waals surface area contributed by atoms with Gasteiger partial charge in [0, 0.05) is 11.8 Å². The number of amides is 1. The molecule has 0 unspecified atom stereocenters. The summed E-state index contributed by atoms with van der Waals surface area (Å²) in [5.74, 6) is 0.988. The molecule has 0 radical (unpaired) electrons. The molecule has 7 nitrogen and oxygen atoms in total. The molecule has 1 amide bonds. The second kappa shape index (κ2) is 7.48. The molecular formula is C18H18N4O3. The summed E-state index contributed by atoms with van der Waals surface area (Å²) in [5.41, 5.74) is 2.49. The van der Waals surface area contributed by atoms with Crippen LogP contribution in [0.5, 0.6) is 11.5 Å². The van der Waals surface area contributed by atoms with Crippen molar-refractivity contribution >= 4 is 11.6 Å². The molecule has 25 heavy (non-hydrogen) atoms. The highest BCUT2D eigenvalue weighted by atomic mass is 16.5. The van der Waals surface area contributed by atoms with Gasteiger partial charge in [0.1, 0.15) is 24.2 Å². The summed E-state index contributed by atoms with van der Waals surface area (Å²) < 4.78 is 12.6. The highest BCUT2D eigenvalue weighted by molar-refractivity contribution is 5.92. The second-order valence-electron chi connectivity index (χ2n) is 5.41. The molecule has 128 valence electrons. The molecular weight excluding hydrogens is 320 g/mol. The number of aryl methyl sites for hydroxylation is 1. The van der Waals surface area contributed by atoms with Gasteiger partial charge in [-0.15, -0.1) is 10.2 Å². The number of rotatable bonds is 6. The number of carbonyl (C=O) groups excluding carboxylic acids is 1. The normalized spacial score (nSPS) is 10.3. The van der Waals surface area contributed by atoms with Crippen LogP contribution >= 0.6 is 0 Å². The van der Waals surface area contributed by atoms with Crippen LogP contribution in [-0.2, 0) is 4.79 Å². The Morgan fingerprint density at radius 3 is 2.72 bits per heavy atom. The predicted octanol–water partition coefficient (Wildman–Crippen LogP) is 2.60. The number of ether oxygens (including phenoxy) is 2. The monoisotopic (exact) mass is 338 g/mol. The summed E-state index contributed by atoms with van der Waals surface area (Å²) in [5, 5.41) is 10.4. The van der Waals surface area contributed by atoms with E-state index in [-0.39, 0.29) is 12.5 Å². The van der Waals surface area contributed by atoms with Crippen molar-refractivity contribution < 1.29 is 14.3 Å². The Bertz CT molecular complexity index is 863. The van der Waals surface area contributed by atoms with Crippen LogP contribution in [0.15, 0.2) is 55.1 Å². The Balaban J connectivity index is 1.68. The fraction of sp³-hybridized carbons (Fsp3) is 0.167. The van der Waals surface area contributed by atoms with Crippen molar-refractivity contribution in [2.45, 2.75) is 6.92 Å². The molecule has 0 saturated carbocycles. The van der Waals surface area contributed by atoms with Gasteiger partial charge in [-0.1, -0.05) is 12.1 Å². The molecule has 0 aliphatic rings. The third-order valence-corrected chi connectivity index (χ3v) is 3.52. The first-order valence-corrected chi connectivity index (χ1v) is 7.68. The van der Waals surface area contributed by atoms with E-state index in [0.717, 1.165) is 11.3 Å². The minimum Gasteiger partial charge on any atom is -0.497 e. The maximum atomic E-state index is 12.1. The number of hydrogen-bond donors (Lipinski definition) is 1. The van der Waals surface area contributed by atoms with Gasteiger partial charge in [-0.05, 0) is 36.8 Å². The zero-order chi connectivity index (χ0) is 17.6. The molecule has 1 N–H and O–H groups in total. The largest absolute Gasteiger partial charge is 0.497 e. The number of nitrogens with zero attached hydrogens (tertiary/aromatic N) is 3. The van der Waals surface area contributed by atoms with E-state index in [9.17, 15) is 4.79 Å². The molecule has 1 aromatic heterocycles. The van der Waals surface area contributed by atoms with Crippen molar-refractivity contribution in [1.82, 2.24) is 14.8 Å². The smallest absolute Gasteiger partial charge is 0.262 e. The lowest BCUT2D eigenvalue weighted by Crippen LogP contribution is -2.20. The number of methoxy groups -OCH3 is 1. The van der Waals surface area contributed by atoms with Gasteiger partial charge >= 0.3 is 0 Å². The molecule has 2 aromatic carbocycles. The van der Waals surface area contributed by atoms with Crippen molar-refractivity contribution in [1.29, 1.82) is 0 Å². The molecule has 0 atom stereocenters. The van der Waals surface area contributed by atoms with E-state index in [4.69, 9.17) is 9.47 Å². The van der Waals surface area contributed by atoms with Crippen LogP contribution in [0.2, 0.25) is 0 Å². The summed E-state index contributed by atoms with van der Waals surface area (Å²) in [6.07, 6.45) is 3.16. The van der Waals surface area contributed by atoms with E-state index in [1.54, 1.807) is 42.5 Å². The van der Waals surface area contributed by atoms with Crippen molar-refractivity contribution in [3.8, 4) is 17.2 Å². The van der Waals surface area contributed by atoms with E-state index in [1.165, 1.54) is 0 Å². The third kappa shape index (κ3) is 4.14. The summed E-state index contributed by atoms with van der Waals surface area (Å²) in [7, 11) is 1.58. The lowest BCUT2D eigenvalue weighted by atomic mass is 10.2. The van der Waals surface area contributed by atoms with Gasteiger partial charge in [0.05, 0.1) is 12.8 Å². The summed E-state index contributed by atoms with van der Waals surface area (Å²) in [6.45, 7) is 1.86. The average molecular weight is 338 g/mol. The minimum absolute atomic E-state index is 0.116. The van der Waals surface area contributed by atoms with Crippen LogP contribution < -0.4 is 14.8 Å². The molecule has 0 aliphatic carbocycles. The van der Waals surface area contributed by atoms with Gasteiger partial charge in [0.25, 0.3) is 5.91 Å². The predicted molar refractivity (Wildman–Crippen MR) is 93.2 cm³/mol. The number of nitrogens with one attached hydrogen (secondary N) is 1. The van der Waals surface area contributed by atoms with E-state index < -0.39 is 0 Å². The molecule has 0 aliphatic heterocycles. The average Bonchev–Trinajstić information content (AvgIpc) is 3.15. The van der Waals surface area contributed by atoms with Crippen molar-refractivity contribution in [2.75, 3.05) is 19.0 Å². The minimum atomic E-state index is -0.261. The number of hydrogen-bond acceptors (Lipinski definition) is 5. The molecule has 0 spiro atoms. The Kier molecular flexibility index (Phi) is 4.94. The topological polar surface area (TPSA) is 78.3 Å². The Labute approximate surface area is 145 Å². The highest BCUT2D eigenvalue weighted by Gasteiger charge is 2.10. The zero-order valence-corrected chi connectivity index (χ0v) is 14.0. The Hall–Kier alpha value is -3.35. The van der Waals surface area contributed by atoms with E-state index in [1.807, 2.05) is 31.2 Å². The maximum Gasteiger partial charge on any atom is 0.262 e. The van der Waals surface area contributed by atoms with E-state index in [0.29, 0.717) is 17.2 Å². The lowest BCUT2D eigenvalue weighted by Gasteiger charge is -2.13. The number of benzene rings is 2. The summed E-state index contributed by atoms with van der Waals surface area (Å²) >= 11 is 0. The maximum absolute atomic E-state index is 12.1. The van der Waals surface area contributed by atoms with Crippen molar-refractivity contribution in [2.24, 2.45) is 0 Å². The molecule has 0 fully saturated rings. The van der Waals surface area contributed by atoms with Gasteiger partial charge in [0.2, 0.25) is 0 Å². The highest BCUT2D eigenvalue weighted by Crippen LogP contribution is 2.24. The van der Waals surface area contributed by atoms with Crippen LogP contribution in [0.1, 0.15) is 5.56 Å². The van der Waals surface area contributed by atoms with Crippen LogP contribution in [0.4, 0.5) is 5.69 Å². The van der Waals surface area contributed by atoms with Crippen LogP contribution in [0, 0.1) is 6.92 Å². The van der Waals surface area contributed by atoms with E-state index >= 15 is 0 Å². The fourth-order valence-corrected chi connectivity index (χ4v) is 2.32. The summed E-state index contributed by atoms with van der Waals surface area (Å²) in [6, 6.07) is 12.8. The van der Waals surface area contributed by atoms with Gasteiger partial charge in [-0.3, -0.25) is 9.36 Å². The fourth-order valence-electron chi connectivity index (χ4n) is 2.32. The molecule has 1 heterocycles. The van der Waals surface area contributed by atoms with Crippen molar-refractivity contribution in [3.63, 3.8) is 0 Å². The van der Waals surface area contributed by atoms with Crippen LogP contribution in [-0.4, -0.2) is 34.4 Å². The Morgan fingerprint density at radius 2 is 1.96 bits per heavy atom. The SMILES string of the molecule is COc1cccc(NC(=O)COc2ccc(C)cc2-n2cnnc2)c1. The zero-order valence-electron chi connectivity index (χ0n) is 14.0. The number of anilines is 1. The first kappa shape index (κ1) is 16.5. The molecule has 3 rings (SSSR count). The second-order valence-corrected chi connectivity index (χ2v) is 5.41. The van der Waals surface area contributed by atoms with Gasteiger partial charge in [-0.2, -0.15) is 0 Å². The van der Waals surface area contributed by atoms with Gasteiger partial charge in [-0.25, -0.2) is 0 Å². The van der Waals surface area contributed by atoms with Gasteiger partial charge in [0.15, 0.2) is 6.61 Å². The number of aromatic nitrogens is 3. The van der Waals surface area contributed by atoms with Gasteiger partial charge < -0.3 is 14.8 Å². The Morgan fingerprint density at radius 1 is 1.16 bits per heavy atom. The first-order valence-electron chi connectivity index (χ1n) is 7.68. The first-order chi connectivity index (χ1) is 12.2. The lowest BCUT2D eigenvalue weighted by molar-refractivity contribution is -0.118. The quantitative estimate of drug-likeness (QED) is 0.747. The molecule has 3 aromatic rings. The van der Waals surface area contributed by atoms with E-state index in [2.05, 4.69) is 15.5 Å². The molecule has 7 heteroatoms.